The van der Waals surface area contributed by atoms with Crippen LogP contribution in [0.4, 0.5) is 10.6 Å². The molecule has 1 saturated heterocycles. The number of amides is 3. The largest absolute Gasteiger partial charge is 0.394 e. The van der Waals surface area contributed by atoms with E-state index in [2.05, 4.69) is 30.9 Å². The fraction of sp³-hybridized carbons (Fsp3) is 0.682. The summed E-state index contributed by atoms with van der Waals surface area (Å²) in [6.07, 6.45) is -0.199. The van der Waals surface area contributed by atoms with Crippen LogP contribution in [0.2, 0.25) is 0 Å². The van der Waals surface area contributed by atoms with Gasteiger partial charge in [-0.05, 0) is 52.4 Å². The highest BCUT2D eigenvalue weighted by atomic mass is 16.6. The fourth-order valence-corrected chi connectivity index (χ4v) is 3.74. The van der Waals surface area contributed by atoms with Crippen LogP contribution in [-0.2, 0) is 9.53 Å². The molecule has 17 heteroatoms. The number of nitrogens with one attached hydrogen (secondary N) is 3. The zero-order valence-electron chi connectivity index (χ0n) is 21.8. The maximum atomic E-state index is 12.4. The van der Waals surface area contributed by atoms with Gasteiger partial charge in [0.1, 0.15) is 30.7 Å². The molecule has 39 heavy (non-hydrogen) atoms. The van der Waals surface area contributed by atoms with Crippen molar-refractivity contribution in [2.75, 3.05) is 38.1 Å². The molecule has 0 aliphatic carbocycles. The zero-order valence-corrected chi connectivity index (χ0v) is 21.8. The van der Waals surface area contributed by atoms with Gasteiger partial charge in [0.2, 0.25) is 0 Å². The summed E-state index contributed by atoms with van der Waals surface area (Å²) in [5.74, 6) is -0.816. The minimum atomic E-state index is -1.35. The number of urea groups is 1. The van der Waals surface area contributed by atoms with E-state index in [0.717, 1.165) is 45.3 Å². The van der Waals surface area contributed by atoms with E-state index in [-0.39, 0.29) is 17.0 Å². The minimum absolute atomic E-state index is 0.0255. The Morgan fingerprint density at radius 3 is 2.38 bits per heavy atom. The monoisotopic (exact) mass is 556 g/mol. The number of anilines is 1. The maximum Gasteiger partial charge on any atom is 0.312 e. The second kappa shape index (κ2) is 16.2. The van der Waals surface area contributed by atoms with Gasteiger partial charge in [-0.25, -0.2) is 19.7 Å². The van der Waals surface area contributed by atoms with Crippen LogP contribution in [0.25, 0.3) is 11.2 Å². The Labute approximate surface area is 225 Å². The average Bonchev–Trinajstić information content (AvgIpc) is 3.46. The molecule has 0 aromatic carbocycles. The number of carbonyl (C=O) groups is 2. The number of hydrogen-bond donors (Lipinski definition) is 10. The van der Waals surface area contributed by atoms with Crippen LogP contribution in [0.15, 0.2) is 12.7 Å². The Balaban J connectivity index is 0.000000455. The quantitative estimate of drug-likeness (QED) is 0.107. The van der Waals surface area contributed by atoms with Crippen LogP contribution in [0, 0.1) is 0 Å². The summed E-state index contributed by atoms with van der Waals surface area (Å²) in [7, 11) is 0. The van der Waals surface area contributed by atoms with Crippen LogP contribution >= 0.6 is 0 Å². The number of rotatable bonds is 13. The molecule has 2 aromatic rings. The van der Waals surface area contributed by atoms with E-state index in [1.807, 2.05) is 0 Å². The first kappa shape index (κ1) is 32.2. The third-order valence-corrected chi connectivity index (χ3v) is 5.82. The van der Waals surface area contributed by atoms with Crippen molar-refractivity contribution in [3.8, 4) is 0 Å². The van der Waals surface area contributed by atoms with Gasteiger partial charge in [-0.1, -0.05) is 0 Å². The fourth-order valence-electron chi connectivity index (χ4n) is 3.74. The van der Waals surface area contributed by atoms with Crippen molar-refractivity contribution < 1.29 is 34.8 Å². The second-order valence-corrected chi connectivity index (χ2v) is 8.88. The summed E-state index contributed by atoms with van der Waals surface area (Å²) < 4.78 is 6.78. The second-order valence-electron chi connectivity index (χ2n) is 8.88. The Morgan fingerprint density at radius 2 is 1.79 bits per heavy atom. The van der Waals surface area contributed by atoms with E-state index in [1.165, 1.54) is 24.2 Å². The van der Waals surface area contributed by atoms with Gasteiger partial charge in [0.15, 0.2) is 23.2 Å². The average molecular weight is 557 g/mol. The number of aliphatic hydroxyl groups is 4. The van der Waals surface area contributed by atoms with E-state index in [0.29, 0.717) is 0 Å². The first-order valence-electron chi connectivity index (χ1n) is 12.6. The topological polar surface area (TPSA) is 282 Å². The van der Waals surface area contributed by atoms with E-state index >= 15 is 0 Å². The van der Waals surface area contributed by atoms with Crippen molar-refractivity contribution in [3.63, 3.8) is 0 Å². The van der Waals surface area contributed by atoms with Gasteiger partial charge >= 0.3 is 6.03 Å². The molecule has 0 radical (unpaired) electrons. The number of aliphatic hydroxyl groups excluding tert-OH is 4. The molecule has 0 bridgehead atoms. The van der Waals surface area contributed by atoms with Gasteiger partial charge in [0.05, 0.1) is 19.0 Å². The van der Waals surface area contributed by atoms with Gasteiger partial charge < -0.3 is 58.3 Å². The van der Waals surface area contributed by atoms with Crippen molar-refractivity contribution in [2.24, 2.45) is 17.2 Å². The lowest BCUT2D eigenvalue weighted by atomic mass is 10.1. The summed E-state index contributed by atoms with van der Waals surface area (Å²) in [6, 6.07) is -2.33. The smallest absolute Gasteiger partial charge is 0.312 e. The van der Waals surface area contributed by atoms with Crippen LogP contribution in [0.5, 0.6) is 0 Å². The number of unbranched alkanes of at least 4 members (excludes halogenated alkanes) is 1. The highest BCUT2D eigenvalue weighted by Gasteiger charge is 2.44. The van der Waals surface area contributed by atoms with Gasteiger partial charge in [-0.15, -0.1) is 0 Å². The molecule has 3 amide bonds. The van der Waals surface area contributed by atoms with Crippen molar-refractivity contribution >= 4 is 28.9 Å². The number of ether oxygens (including phenoxy) is 1. The SMILES string of the molecule is CC(O)C(NC(N)=O)C(=O)Nc1ncnc2c1ncn2[C@@H]1O[C@H](CO)[C@@H](O)[C@H]1O.NCCCCNCCCN. The molecule has 220 valence electrons. The van der Waals surface area contributed by atoms with E-state index in [4.69, 9.17) is 21.9 Å². The summed E-state index contributed by atoms with van der Waals surface area (Å²) >= 11 is 0. The minimum Gasteiger partial charge on any atom is -0.394 e. The molecule has 3 heterocycles. The molecule has 0 saturated carbocycles. The molecule has 17 nitrogen and oxygen atoms in total. The number of hydrogen-bond acceptors (Lipinski definition) is 13. The number of primary amides is 1. The summed E-state index contributed by atoms with van der Waals surface area (Å²) in [4.78, 5) is 35.6. The molecular formula is C22H40N10O7. The predicted octanol–water partition coefficient (Wildman–Crippen LogP) is -3.54. The summed E-state index contributed by atoms with van der Waals surface area (Å²) in [6.45, 7) is 4.51. The van der Waals surface area contributed by atoms with E-state index in [1.54, 1.807) is 0 Å². The molecule has 1 aliphatic heterocycles. The standard InChI is InChI=1S/C15H21N7O7.C7H19N3/c1-5(24)7(20-15(16)28)13(27)21-11-8-12(18-3-17-11)22(4-19-8)14-10(26)9(25)6(2-23)29-14;8-4-1-2-6-10-7-3-5-9/h3-7,9-10,14,23-26H,2H2,1H3,(H3,16,20,28)(H,17,18,21,27);10H,1-9H2/t5?,6-,7?,9-,10-,14-;/m1./s1. The van der Waals surface area contributed by atoms with Crippen molar-refractivity contribution in [1.29, 1.82) is 0 Å². The maximum absolute atomic E-state index is 12.4. The Bertz CT molecular complexity index is 1030. The first-order valence-corrected chi connectivity index (χ1v) is 12.6. The predicted molar refractivity (Wildman–Crippen MR) is 140 cm³/mol. The highest BCUT2D eigenvalue weighted by molar-refractivity contribution is 6.01. The number of carbonyl (C=O) groups excluding carboxylic acids is 2. The lowest BCUT2D eigenvalue weighted by Crippen LogP contribution is -2.51. The van der Waals surface area contributed by atoms with E-state index < -0.39 is 55.2 Å². The Kier molecular flexibility index (Phi) is 13.3. The lowest BCUT2D eigenvalue weighted by molar-refractivity contribution is -0.120. The van der Waals surface area contributed by atoms with Gasteiger partial charge in [0.25, 0.3) is 5.91 Å². The molecule has 6 atom stereocenters. The Morgan fingerprint density at radius 1 is 1.10 bits per heavy atom. The molecule has 3 rings (SSSR count). The van der Waals surface area contributed by atoms with Gasteiger partial charge in [-0.3, -0.25) is 9.36 Å². The molecule has 13 N–H and O–H groups in total. The van der Waals surface area contributed by atoms with Crippen molar-refractivity contribution in [3.05, 3.63) is 12.7 Å². The molecular weight excluding hydrogens is 516 g/mol. The summed E-state index contributed by atoms with van der Waals surface area (Å²) in [5.41, 5.74) is 15.9. The van der Waals surface area contributed by atoms with Gasteiger partial charge in [-0.2, -0.15) is 0 Å². The number of imidazole rings is 1. The number of fused-ring (bicyclic) bond motifs is 1. The molecule has 2 aromatic heterocycles. The molecule has 0 spiro atoms. The van der Waals surface area contributed by atoms with Crippen LogP contribution in [0.1, 0.15) is 32.4 Å². The third-order valence-electron chi connectivity index (χ3n) is 5.82. The molecule has 2 unspecified atom stereocenters. The van der Waals surface area contributed by atoms with Crippen LogP contribution < -0.4 is 33.2 Å². The van der Waals surface area contributed by atoms with E-state index in [9.17, 15) is 30.0 Å². The third kappa shape index (κ3) is 9.01. The zero-order chi connectivity index (χ0) is 28.9. The lowest BCUT2D eigenvalue weighted by Gasteiger charge is -2.19. The van der Waals surface area contributed by atoms with Crippen LogP contribution in [-0.4, -0.2) is 115 Å². The number of aromatic nitrogens is 4. The molecule has 1 fully saturated rings. The normalized spacial score (nSPS) is 22.1. The highest BCUT2D eigenvalue weighted by Crippen LogP contribution is 2.32. The number of nitrogens with zero attached hydrogens (tertiary/aromatic N) is 4. The summed E-state index contributed by atoms with van der Waals surface area (Å²) in [5, 5.41) is 46.9. The van der Waals surface area contributed by atoms with Gasteiger partial charge in [0, 0.05) is 0 Å². The van der Waals surface area contributed by atoms with Crippen LogP contribution in [0.3, 0.4) is 0 Å². The van der Waals surface area contributed by atoms with Crippen molar-refractivity contribution in [2.45, 2.75) is 62.9 Å². The first-order chi connectivity index (χ1) is 18.7. The van der Waals surface area contributed by atoms with Crippen molar-refractivity contribution in [1.82, 2.24) is 30.2 Å². The molecule has 1 aliphatic rings. The Hall–Kier alpha value is -3.03. The number of nitrogens with two attached hydrogens (primary N) is 3.